The topological polar surface area (TPSA) is 60.7 Å². The van der Waals surface area contributed by atoms with E-state index in [1.807, 2.05) is 0 Å². The largest absolute Gasteiger partial charge is 0.344 e. The smallest absolute Gasteiger partial charge is 0.275 e. The molecule has 1 atom stereocenters. The van der Waals surface area contributed by atoms with E-state index in [2.05, 4.69) is 9.24 Å². The van der Waals surface area contributed by atoms with E-state index in [4.69, 9.17) is 15.3 Å². The lowest BCUT2D eigenvalue weighted by Crippen LogP contribution is -2.26. The highest BCUT2D eigenvalue weighted by atomic mass is 35.5. The highest BCUT2D eigenvalue weighted by Gasteiger charge is 2.16. The molecule has 0 radical (unpaired) electrons. The first kappa shape index (κ1) is 26.8. The first-order valence-electron chi connectivity index (χ1n) is 9.93. The minimum atomic E-state index is -2.46. The van der Waals surface area contributed by atoms with Crippen molar-refractivity contribution in [1.29, 1.82) is 0 Å². The van der Waals surface area contributed by atoms with Crippen LogP contribution in [0.3, 0.4) is 0 Å². The second kappa shape index (κ2) is 19.9. The van der Waals surface area contributed by atoms with Crippen molar-refractivity contribution in [2.24, 2.45) is 0 Å². The zero-order valence-electron chi connectivity index (χ0n) is 15.6. The van der Waals surface area contributed by atoms with Crippen molar-refractivity contribution in [1.82, 2.24) is 0 Å². The molecular weight excluding hydrogens is 343 g/mol. The summed E-state index contributed by atoms with van der Waals surface area (Å²) >= 11 is 0. The maximum absolute atomic E-state index is 8.75. The van der Waals surface area contributed by atoms with Crippen LogP contribution in [-0.4, -0.2) is 27.5 Å². The molecule has 0 fully saturated rings. The van der Waals surface area contributed by atoms with Crippen LogP contribution in [0.2, 0.25) is 0 Å². The third-order valence-electron chi connectivity index (χ3n) is 4.47. The highest BCUT2D eigenvalue weighted by molar-refractivity contribution is 7.16. The van der Waals surface area contributed by atoms with Gasteiger partial charge in [-0.1, -0.05) is 89.9 Å². The highest BCUT2D eigenvalue weighted by Crippen LogP contribution is 2.15. The minimum absolute atomic E-state index is 0. The normalized spacial score (nSPS) is 11.5. The van der Waals surface area contributed by atoms with Gasteiger partial charge in [-0.15, -0.1) is 21.6 Å². The molecule has 0 saturated carbocycles. The third kappa shape index (κ3) is 24.8. The summed E-state index contributed by atoms with van der Waals surface area (Å²) in [5.74, 6) is -2.46. The molecule has 0 bridgehead atoms. The lowest BCUT2D eigenvalue weighted by Gasteiger charge is -2.12. The van der Waals surface area contributed by atoms with Gasteiger partial charge in [0.1, 0.15) is 0 Å². The molecule has 0 rings (SSSR count). The molecule has 0 heterocycles. The molecule has 0 aromatic rings. The van der Waals surface area contributed by atoms with E-state index >= 15 is 0 Å². The van der Waals surface area contributed by atoms with Gasteiger partial charge >= 0.3 is 0 Å². The fourth-order valence-electron chi connectivity index (χ4n) is 2.98. The SMILES string of the molecule is Cl.OC(O)(O)CCCCCCCCCCCCCCCCCCP. The predicted molar refractivity (Wildman–Crippen MR) is 110 cm³/mol. The van der Waals surface area contributed by atoms with E-state index in [-0.39, 0.29) is 18.8 Å². The van der Waals surface area contributed by atoms with E-state index in [0.717, 1.165) is 12.8 Å². The number of aliphatic hydroxyl groups is 3. The first-order chi connectivity index (χ1) is 11.1. The fourth-order valence-corrected chi connectivity index (χ4v) is 3.27. The summed E-state index contributed by atoms with van der Waals surface area (Å²) < 4.78 is 0. The van der Waals surface area contributed by atoms with E-state index in [1.54, 1.807) is 0 Å². The van der Waals surface area contributed by atoms with E-state index in [1.165, 1.54) is 89.6 Å². The van der Waals surface area contributed by atoms with E-state index in [9.17, 15) is 0 Å². The first-order valence-corrected chi connectivity index (χ1v) is 10.7. The van der Waals surface area contributed by atoms with Crippen molar-refractivity contribution in [3.8, 4) is 0 Å². The number of hydrogen-bond acceptors (Lipinski definition) is 3. The van der Waals surface area contributed by atoms with Crippen LogP contribution in [0.25, 0.3) is 0 Å². The van der Waals surface area contributed by atoms with Crippen LogP contribution < -0.4 is 0 Å². The Bertz CT molecular complexity index is 235. The quantitative estimate of drug-likeness (QED) is 0.165. The Morgan fingerprint density at radius 3 is 0.958 bits per heavy atom. The Morgan fingerprint density at radius 2 is 0.708 bits per heavy atom. The number of rotatable bonds is 18. The van der Waals surface area contributed by atoms with Crippen LogP contribution in [0.15, 0.2) is 0 Å². The Balaban J connectivity index is 0. The average molecular weight is 385 g/mol. The monoisotopic (exact) mass is 384 g/mol. The lowest BCUT2D eigenvalue weighted by atomic mass is 10.0. The van der Waals surface area contributed by atoms with Crippen molar-refractivity contribution in [3.63, 3.8) is 0 Å². The Labute approximate surface area is 158 Å². The molecular formula is C19H42ClO3P. The fraction of sp³-hybridized carbons (Fsp3) is 1.00. The molecule has 148 valence electrons. The number of hydrogen-bond donors (Lipinski definition) is 3. The number of unbranched alkanes of at least 4 members (excludes halogenated alkanes) is 15. The molecule has 24 heavy (non-hydrogen) atoms. The third-order valence-corrected chi connectivity index (χ3v) is 4.87. The van der Waals surface area contributed by atoms with Crippen LogP contribution in [0, 0.1) is 0 Å². The summed E-state index contributed by atoms with van der Waals surface area (Å²) in [4.78, 5) is 0. The zero-order valence-corrected chi connectivity index (χ0v) is 17.5. The molecule has 0 aliphatic carbocycles. The predicted octanol–water partition coefficient (Wildman–Crippen LogP) is 5.55. The molecule has 0 aliphatic rings. The molecule has 1 unspecified atom stereocenters. The van der Waals surface area contributed by atoms with Crippen molar-refractivity contribution < 1.29 is 15.3 Å². The Hall–Kier alpha value is 0.600. The van der Waals surface area contributed by atoms with Gasteiger partial charge in [0.15, 0.2) is 0 Å². The van der Waals surface area contributed by atoms with Gasteiger partial charge in [-0.05, 0) is 19.0 Å². The zero-order chi connectivity index (χ0) is 17.2. The van der Waals surface area contributed by atoms with Crippen LogP contribution in [-0.2, 0) is 0 Å². The molecule has 0 aliphatic heterocycles. The summed E-state index contributed by atoms with van der Waals surface area (Å²) in [5, 5.41) is 26.3. The van der Waals surface area contributed by atoms with Gasteiger partial charge in [0, 0.05) is 6.42 Å². The van der Waals surface area contributed by atoms with Crippen LogP contribution >= 0.6 is 21.6 Å². The summed E-state index contributed by atoms with van der Waals surface area (Å²) in [6.07, 6.45) is 22.0. The van der Waals surface area contributed by atoms with Gasteiger partial charge in [-0.2, -0.15) is 0 Å². The molecule has 0 saturated heterocycles. The van der Waals surface area contributed by atoms with Crippen LogP contribution in [0.5, 0.6) is 0 Å². The van der Waals surface area contributed by atoms with Gasteiger partial charge in [0.25, 0.3) is 5.97 Å². The van der Waals surface area contributed by atoms with Crippen molar-refractivity contribution in [2.75, 3.05) is 6.16 Å². The molecule has 0 aromatic heterocycles. The lowest BCUT2D eigenvalue weighted by molar-refractivity contribution is -0.315. The standard InChI is InChI=1S/C19H41O3P.ClH/c20-19(21,22)17-15-13-11-9-7-5-3-1-2-4-6-8-10-12-14-16-18-23;/h20-22H,1-18,23H2;1H. The summed E-state index contributed by atoms with van der Waals surface area (Å²) in [6, 6.07) is 0. The van der Waals surface area contributed by atoms with Gasteiger partial charge in [0.05, 0.1) is 0 Å². The second-order valence-corrected chi connectivity index (χ2v) is 7.55. The molecule has 0 aromatic carbocycles. The Morgan fingerprint density at radius 1 is 0.458 bits per heavy atom. The van der Waals surface area contributed by atoms with Gasteiger partial charge in [0.2, 0.25) is 0 Å². The molecule has 0 spiro atoms. The molecule has 5 heteroatoms. The average Bonchev–Trinajstić information content (AvgIpc) is 2.49. The summed E-state index contributed by atoms with van der Waals surface area (Å²) in [6.45, 7) is 0. The second-order valence-electron chi connectivity index (χ2n) is 6.97. The summed E-state index contributed by atoms with van der Waals surface area (Å²) in [7, 11) is 2.81. The van der Waals surface area contributed by atoms with Crippen LogP contribution in [0.1, 0.15) is 109 Å². The number of halogens is 1. The van der Waals surface area contributed by atoms with Crippen molar-refractivity contribution in [3.05, 3.63) is 0 Å². The maximum atomic E-state index is 8.75. The minimum Gasteiger partial charge on any atom is -0.344 e. The van der Waals surface area contributed by atoms with Crippen molar-refractivity contribution >= 4 is 21.6 Å². The van der Waals surface area contributed by atoms with Crippen LogP contribution in [0.4, 0.5) is 0 Å². The van der Waals surface area contributed by atoms with E-state index < -0.39 is 5.97 Å². The molecule has 3 nitrogen and oxygen atoms in total. The maximum Gasteiger partial charge on any atom is 0.275 e. The van der Waals surface area contributed by atoms with E-state index in [0.29, 0.717) is 6.42 Å². The Kier molecular flexibility index (Phi) is 22.3. The van der Waals surface area contributed by atoms with Gasteiger partial charge in [-0.3, -0.25) is 0 Å². The van der Waals surface area contributed by atoms with Gasteiger partial charge in [-0.25, -0.2) is 0 Å². The van der Waals surface area contributed by atoms with Crippen molar-refractivity contribution in [2.45, 2.75) is 115 Å². The molecule has 3 N–H and O–H groups in total. The summed E-state index contributed by atoms with van der Waals surface area (Å²) in [5.41, 5.74) is 0. The van der Waals surface area contributed by atoms with Gasteiger partial charge < -0.3 is 15.3 Å². The molecule has 0 amide bonds.